The van der Waals surface area contributed by atoms with E-state index in [1.807, 2.05) is 87.5 Å². The van der Waals surface area contributed by atoms with E-state index in [-0.39, 0.29) is 25.0 Å². The zero-order chi connectivity index (χ0) is 25.4. The minimum atomic E-state index is -0.711. The third-order valence-corrected chi connectivity index (χ3v) is 6.21. The molecule has 0 aliphatic rings. The molecule has 184 valence electrons. The number of nitrogens with zero attached hydrogens (tertiary/aromatic N) is 1. The average Bonchev–Trinajstić information content (AvgIpc) is 2.80. The number of carbonyl (C=O) groups is 2. The summed E-state index contributed by atoms with van der Waals surface area (Å²) in [5.41, 5.74) is 1.45. The molecule has 7 heteroatoms. The Labute approximate surface area is 224 Å². The first-order chi connectivity index (χ1) is 16.6. The Bertz CT molecular complexity index is 1130. The van der Waals surface area contributed by atoms with Gasteiger partial charge < -0.3 is 15.0 Å². The highest BCUT2D eigenvalue weighted by Gasteiger charge is 2.32. The fraction of sp³-hybridized carbons (Fsp3) is 0.286. The number of amides is 2. The summed E-state index contributed by atoms with van der Waals surface area (Å²) in [5, 5.41) is 3.06. The molecule has 0 unspecified atom stereocenters. The molecule has 0 bridgehead atoms. The average molecular weight is 602 g/mol. The fourth-order valence-corrected chi connectivity index (χ4v) is 4.31. The van der Waals surface area contributed by atoms with Crippen LogP contribution in [0.5, 0.6) is 5.75 Å². The van der Waals surface area contributed by atoms with Crippen LogP contribution in [0.1, 0.15) is 31.9 Å². The smallest absolute Gasteiger partial charge is 0.261 e. The Balaban J connectivity index is 1.92. The minimum Gasteiger partial charge on any atom is -0.484 e. The topological polar surface area (TPSA) is 58.6 Å². The summed E-state index contributed by atoms with van der Waals surface area (Å²) in [5.74, 6) is 0.119. The van der Waals surface area contributed by atoms with Crippen molar-refractivity contribution in [2.45, 2.75) is 45.3 Å². The fourth-order valence-electron chi connectivity index (χ4n) is 3.60. The van der Waals surface area contributed by atoms with E-state index < -0.39 is 11.6 Å². The second-order valence-electron chi connectivity index (χ2n) is 9.34. The van der Waals surface area contributed by atoms with E-state index in [0.29, 0.717) is 12.2 Å². The minimum absolute atomic E-state index is 0.177. The van der Waals surface area contributed by atoms with Crippen LogP contribution in [-0.2, 0) is 22.6 Å². The molecule has 0 radical (unpaired) electrons. The number of nitrogens with one attached hydrogen (secondary N) is 1. The van der Waals surface area contributed by atoms with Gasteiger partial charge in [-0.05, 0) is 68.3 Å². The Morgan fingerprint density at radius 1 is 0.886 bits per heavy atom. The first-order valence-electron chi connectivity index (χ1n) is 11.4. The van der Waals surface area contributed by atoms with Crippen molar-refractivity contribution < 1.29 is 14.3 Å². The highest BCUT2D eigenvalue weighted by molar-refractivity contribution is 9.10. The van der Waals surface area contributed by atoms with Crippen LogP contribution < -0.4 is 10.1 Å². The number of ether oxygens (including phenoxy) is 1. The van der Waals surface area contributed by atoms with Crippen LogP contribution in [0.15, 0.2) is 87.8 Å². The Hall–Kier alpha value is -2.64. The Kier molecular flexibility index (Phi) is 9.52. The SMILES string of the molecule is CC(C)(C)NC(=O)[C@H](Cc1ccccc1)N(Cc1cccc(Br)c1)C(=O)COc1ccc(Br)cc1. The van der Waals surface area contributed by atoms with Gasteiger partial charge in [0.25, 0.3) is 5.91 Å². The van der Waals surface area contributed by atoms with E-state index in [0.717, 1.165) is 20.1 Å². The molecule has 5 nitrogen and oxygen atoms in total. The van der Waals surface area contributed by atoms with Crippen LogP contribution >= 0.6 is 31.9 Å². The summed E-state index contributed by atoms with van der Waals surface area (Å²) in [6.07, 6.45) is 0.390. The van der Waals surface area contributed by atoms with E-state index in [2.05, 4.69) is 37.2 Å². The molecule has 3 rings (SSSR count). The number of hydrogen-bond acceptors (Lipinski definition) is 3. The van der Waals surface area contributed by atoms with Crippen molar-refractivity contribution >= 4 is 43.7 Å². The molecule has 0 fully saturated rings. The first-order valence-corrected chi connectivity index (χ1v) is 13.0. The number of benzene rings is 3. The van der Waals surface area contributed by atoms with Crippen LogP contribution in [0.4, 0.5) is 0 Å². The predicted molar refractivity (Wildman–Crippen MR) is 146 cm³/mol. The molecule has 0 aliphatic heterocycles. The monoisotopic (exact) mass is 600 g/mol. The molecule has 3 aromatic carbocycles. The molecule has 0 saturated heterocycles. The number of rotatable bonds is 9. The summed E-state index contributed by atoms with van der Waals surface area (Å²) in [4.78, 5) is 28.7. The molecule has 1 atom stereocenters. The van der Waals surface area contributed by atoms with Gasteiger partial charge in [-0.15, -0.1) is 0 Å². The van der Waals surface area contributed by atoms with Crippen LogP contribution in [0.3, 0.4) is 0 Å². The summed E-state index contributed by atoms with van der Waals surface area (Å²) in [6, 6.07) is 24.1. The molecule has 0 heterocycles. The van der Waals surface area contributed by atoms with Crippen LogP contribution in [0, 0.1) is 0 Å². The summed E-state index contributed by atoms with van der Waals surface area (Å²) in [6.45, 7) is 5.89. The van der Waals surface area contributed by atoms with Gasteiger partial charge in [-0.1, -0.05) is 74.3 Å². The summed E-state index contributed by atoms with van der Waals surface area (Å²) < 4.78 is 7.63. The lowest BCUT2D eigenvalue weighted by molar-refractivity contribution is -0.143. The van der Waals surface area contributed by atoms with Crippen molar-refractivity contribution in [3.05, 3.63) is 98.9 Å². The van der Waals surface area contributed by atoms with Crippen LogP contribution in [0.25, 0.3) is 0 Å². The number of carbonyl (C=O) groups excluding carboxylic acids is 2. The molecule has 35 heavy (non-hydrogen) atoms. The van der Waals surface area contributed by atoms with E-state index in [1.54, 1.807) is 17.0 Å². The standard InChI is InChI=1S/C28H30Br2N2O3/c1-28(2,3)31-27(34)25(17-20-8-5-4-6-9-20)32(18-21-10-7-11-23(30)16-21)26(33)19-35-24-14-12-22(29)13-15-24/h4-16,25H,17-19H2,1-3H3,(H,31,34)/t25-/m0/s1. The molecule has 0 aliphatic carbocycles. The summed E-state index contributed by atoms with van der Waals surface area (Å²) >= 11 is 6.91. The lowest BCUT2D eigenvalue weighted by Crippen LogP contribution is -2.55. The number of halogens is 2. The third kappa shape index (κ3) is 8.82. The second-order valence-corrected chi connectivity index (χ2v) is 11.2. The molecule has 1 N–H and O–H groups in total. The van der Waals surface area contributed by atoms with Crippen molar-refractivity contribution in [2.24, 2.45) is 0 Å². The van der Waals surface area contributed by atoms with Gasteiger partial charge in [0.05, 0.1) is 0 Å². The van der Waals surface area contributed by atoms with Gasteiger partial charge in [0.2, 0.25) is 5.91 Å². The molecule has 0 spiro atoms. The van der Waals surface area contributed by atoms with Crippen LogP contribution in [-0.4, -0.2) is 34.9 Å². The molecule has 2 amide bonds. The highest BCUT2D eigenvalue weighted by Crippen LogP contribution is 2.20. The lowest BCUT2D eigenvalue weighted by atomic mass is 10.0. The molecular weight excluding hydrogens is 572 g/mol. The maximum absolute atomic E-state index is 13.6. The van der Waals surface area contributed by atoms with E-state index in [1.165, 1.54) is 0 Å². The van der Waals surface area contributed by atoms with Crippen molar-refractivity contribution in [1.82, 2.24) is 10.2 Å². The quantitative estimate of drug-likeness (QED) is 0.320. The van der Waals surface area contributed by atoms with Crippen molar-refractivity contribution in [3.63, 3.8) is 0 Å². The zero-order valence-corrected chi connectivity index (χ0v) is 23.3. The number of hydrogen-bond donors (Lipinski definition) is 1. The molecule has 0 aromatic heterocycles. The normalized spacial score (nSPS) is 12.0. The first kappa shape index (κ1) is 27.0. The largest absolute Gasteiger partial charge is 0.484 e. The van der Waals surface area contributed by atoms with E-state index >= 15 is 0 Å². The highest BCUT2D eigenvalue weighted by atomic mass is 79.9. The Morgan fingerprint density at radius 2 is 1.54 bits per heavy atom. The van der Waals surface area contributed by atoms with Crippen molar-refractivity contribution in [3.8, 4) is 5.75 Å². The van der Waals surface area contributed by atoms with Gasteiger partial charge >= 0.3 is 0 Å². The maximum Gasteiger partial charge on any atom is 0.261 e. The van der Waals surface area contributed by atoms with Gasteiger partial charge in [-0.25, -0.2) is 0 Å². The second kappa shape index (κ2) is 12.4. The van der Waals surface area contributed by atoms with Gasteiger partial charge in [0.1, 0.15) is 11.8 Å². The van der Waals surface area contributed by atoms with Crippen molar-refractivity contribution in [1.29, 1.82) is 0 Å². The lowest BCUT2D eigenvalue weighted by Gasteiger charge is -2.33. The molecule has 3 aromatic rings. The predicted octanol–water partition coefficient (Wildman–Crippen LogP) is 6.15. The maximum atomic E-state index is 13.6. The third-order valence-electron chi connectivity index (χ3n) is 5.19. The van der Waals surface area contributed by atoms with E-state index in [4.69, 9.17) is 4.74 Å². The van der Waals surface area contributed by atoms with E-state index in [9.17, 15) is 9.59 Å². The zero-order valence-electron chi connectivity index (χ0n) is 20.1. The van der Waals surface area contributed by atoms with Gasteiger partial charge in [-0.3, -0.25) is 9.59 Å². The van der Waals surface area contributed by atoms with Gasteiger partial charge in [0.15, 0.2) is 6.61 Å². The van der Waals surface area contributed by atoms with Gasteiger partial charge in [0, 0.05) is 27.4 Å². The van der Waals surface area contributed by atoms with Crippen molar-refractivity contribution in [2.75, 3.05) is 6.61 Å². The van der Waals surface area contributed by atoms with Gasteiger partial charge in [-0.2, -0.15) is 0 Å². The Morgan fingerprint density at radius 3 is 2.17 bits per heavy atom. The molecule has 0 saturated carbocycles. The summed E-state index contributed by atoms with van der Waals surface area (Å²) in [7, 11) is 0. The molecular formula is C28H30Br2N2O3. The van der Waals surface area contributed by atoms with Crippen LogP contribution in [0.2, 0.25) is 0 Å².